The molecule has 0 aliphatic heterocycles. The van der Waals surface area contributed by atoms with Crippen LogP contribution in [0.25, 0.3) is 0 Å². The summed E-state index contributed by atoms with van der Waals surface area (Å²) in [6.07, 6.45) is 1.01. The second-order valence-corrected chi connectivity index (χ2v) is 6.73. The Morgan fingerprint density at radius 3 is 2.68 bits per heavy atom. The lowest BCUT2D eigenvalue weighted by Crippen LogP contribution is -2.18. The minimum atomic E-state index is 0.358. The van der Waals surface area contributed by atoms with Gasteiger partial charge in [-0.05, 0) is 50.6 Å². The third-order valence-corrected chi connectivity index (χ3v) is 4.40. The molecular weight excluding hydrogens is 276 g/mol. The molecule has 0 amide bonds. The van der Waals surface area contributed by atoms with Crippen LogP contribution in [0.2, 0.25) is 5.02 Å². The van der Waals surface area contributed by atoms with Gasteiger partial charge in [0, 0.05) is 27.9 Å². The van der Waals surface area contributed by atoms with E-state index in [1.165, 1.54) is 9.75 Å². The number of thiophene rings is 1. The highest BCUT2D eigenvalue weighted by Crippen LogP contribution is 2.27. The molecule has 1 unspecified atom stereocenters. The fraction of sp³-hybridized carbons (Fsp3) is 0.333. The predicted molar refractivity (Wildman–Crippen MR) is 86.4 cm³/mol. The highest BCUT2D eigenvalue weighted by Gasteiger charge is 2.09. The van der Waals surface area contributed by atoms with Gasteiger partial charge in [-0.1, -0.05) is 11.6 Å². The second kappa shape index (κ2) is 5.85. The second-order valence-electron chi connectivity index (χ2n) is 4.95. The highest BCUT2D eigenvalue weighted by atomic mass is 35.5. The molecule has 0 bridgehead atoms. The van der Waals surface area contributed by atoms with E-state index in [2.05, 4.69) is 31.3 Å². The first kappa shape index (κ1) is 14.2. The maximum atomic E-state index is 6.07. The minimum Gasteiger partial charge on any atom is -0.398 e. The minimum absolute atomic E-state index is 0.358. The first-order chi connectivity index (χ1) is 8.95. The predicted octanol–water partition coefficient (Wildman–Crippen LogP) is 4.64. The van der Waals surface area contributed by atoms with Crippen LogP contribution in [-0.4, -0.2) is 6.04 Å². The monoisotopic (exact) mass is 294 g/mol. The molecule has 0 aliphatic rings. The van der Waals surface area contributed by atoms with E-state index in [1.807, 2.05) is 30.4 Å². The Balaban J connectivity index is 2.06. The lowest BCUT2D eigenvalue weighted by atomic mass is 10.1. The van der Waals surface area contributed by atoms with Crippen molar-refractivity contribution in [1.29, 1.82) is 0 Å². The van der Waals surface area contributed by atoms with Crippen molar-refractivity contribution in [3.63, 3.8) is 0 Å². The first-order valence-electron chi connectivity index (χ1n) is 6.33. The Hall–Kier alpha value is -1.19. The fourth-order valence-corrected chi connectivity index (χ4v) is 3.26. The summed E-state index contributed by atoms with van der Waals surface area (Å²) in [6, 6.07) is 8.53. The lowest BCUT2D eigenvalue weighted by Gasteiger charge is -2.17. The summed E-state index contributed by atoms with van der Waals surface area (Å²) in [5.41, 5.74) is 8.60. The molecule has 1 heterocycles. The summed E-state index contributed by atoms with van der Waals surface area (Å²) in [5.74, 6) is 0. The van der Waals surface area contributed by atoms with E-state index in [4.69, 9.17) is 17.3 Å². The molecule has 0 radical (unpaired) electrons. The van der Waals surface area contributed by atoms with Gasteiger partial charge in [0.2, 0.25) is 0 Å². The van der Waals surface area contributed by atoms with E-state index in [9.17, 15) is 0 Å². The van der Waals surface area contributed by atoms with E-state index in [0.717, 1.165) is 17.7 Å². The zero-order valence-corrected chi connectivity index (χ0v) is 13.0. The largest absolute Gasteiger partial charge is 0.398 e. The van der Waals surface area contributed by atoms with E-state index < -0.39 is 0 Å². The Kier molecular flexibility index (Phi) is 4.38. The van der Waals surface area contributed by atoms with E-state index in [-0.39, 0.29) is 0 Å². The van der Waals surface area contributed by atoms with E-state index >= 15 is 0 Å². The summed E-state index contributed by atoms with van der Waals surface area (Å²) in [5, 5.41) is 4.11. The number of nitrogen functional groups attached to an aromatic ring is 1. The molecule has 19 heavy (non-hydrogen) atoms. The molecule has 3 N–H and O–H groups in total. The zero-order chi connectivity index (χ0) is 14.0. The van der Waals surface area contributed by atoms with Crippen LogP contribution in [0.15, 0.2) is 24.3 Å². The number of nitrogens with two attached hydrogens (primary N) is 1. The molecule has 2 nitrogen and oxygen atoms in total. The topological polar surface area (TPSA) is 38.0 Å². The van der Waals surface area contributed by atoms with Crippen LogP contribution < -0.4 is 11.1 Å². The molecule has 102 valence electrons. The number of aryl methyl sites for hydroxylation is 2. The average molecular weight is 295 g/mol. The third kappa shape index (κ3) is 3.64. The summed E-state index contributed by atoms with van der Waals surface area (Å²) in [4.78, 5) is 2.76. The van der Waals surface area contributed by atoms with Crippen LogP contribution in [0.3, 0.4) is 0 Å². The molecule has 2 rings (SSSR count). The average Bonchev–Trinajstić information content (AvgIpc) is 2.71. The number of hydrogen-bond donors (Lipinski definition) is 2. The molecule has 0 aliphatic carbocycles. The third-order valence-electron chi connectivity index (χ3n) is 3.05. The van der Waals surface area contributed by atoms with Crippen molar-refractivity contribution >= 4 is 34.3 Å². The maximum Gasteiger partial charge on any atom is 0.0656 e. The van der Waals surface area contributed by atoms with Crippen LogP contribution >= 0.6 is 22.9 Å². The van der Waals surface area contributed by atoms with Gasteiger partial charge >= 0.3 is 0 Å². The van der Waals surface area contributed by atoms with Gasteiger partial charge in [0.1, 0.15) is 0 Å². The Labute approximate surface area is 123 Å². The van der Waals surface area contributed by atoms with Crippen LogP contribution in [-0.2, 0) is 6.42 Å². The molecule has 1 atom stereocenters. The Morgan fingerprint density at radius 2 is 2.05 bits per heavy atom. The first-order valence-corrected chi connectivity index (χ1v) is 7.52. The van der Waals surface area contributed by atoms with Crippen molar-refractivity contribution in [2.75, 3.05) is 11.1 Å². The van der Waals surface area contributed by atoms with Gasteiger partial charge in [-0.15, -0.1) is 11.3 Å². The number of benzene rings is 1. The van der Waals surface area contributed by atoms with Gasteiger partial charge in [-0.3, -0.25) is 0 Å². The normalized spacial score (nSPS) is 12.4. The number of hydrogen-bond acceptors (Lipinski definition) is 3. The van der Waals surface area contributed by atoms with Gasteiger partial charge in [0.25, 0.3) is 0 Å². The number of halogens is 1. The SMILES string of the molecule is Cc1ccc(CC(C)Nc2cc(Cl)c(N)cc2C)s1. The maximum absolute atomic E-state index is 6.07. The van der Waals surface area contributed by atoms with Crippen molar-refractivity contribution in [3.8, 4) is 0 Å². The van der Waals surface area contributed by atoms with Gasteiger partial charge in [0.15, 0.2) is 0 Å². The van der Waals surface area contributed by atoms with Crippen molar-refractivity contribution < 1.29 is 0 Å². The standard InChI is InChI=1S/C15H19ClN2S/c1-9-6-14(17)13(16)8-15(9)18-10(2)7-12-5-4-11(3)19-12/h4-6,8,10,18H,7,17H2,1-3H3. The lowest BCUT2D eigenvalue weighted by molar-refractivity contribution is 0.799. The number of anilines is 2. The van der Waals surface area contributed by atoms with Crippen LogP contribution in [0.5, 0.6) is 0 Å². The summed E-state index contributed by atoms with van der Waals surface area (Å²) in [6.45, 7) is 6.35. The highest BCUT2D eigenvalue weighted by molar-refractivity contribution is 7.11. The van der Waals surface area contributed by atoms with Crippen LogP contribution in [0, 0.1) is 13.8 Å². The fourth-order valence-electron chi connectivity index (χ4n) is 2.07. The van der Waals surface area contributed by atoms with Crippen molar-refractivity contribution in [2.45, 2.75) is 33.2 Å². The van der Waals surface area contributed by atoms with Crippen LogP contribution in [0.4, 0.5) is 11.4 Å². The zero-order valence-electron chi connectivity index (χ0n) is 11.5. The Bertz CT molecular complexity index is 578. The van der Waals surface area contributed by atoms with Crippen molar-refractivity contribution in [1.82, 2.24) is 0 Å². The summed E-state index contributed by atoms with van der Waals surface area (Å²) in [7, 11) is 0. The number of rotatable bonds is 4. The van der Waals surface area contributed by atoms with Gasteiger partial charge in [0.05, 0.1) is 10.7 Å². The molecule has 0 spiro atoms. The smallest absolute Gasteiger partial charge is 0.0656 e. The van der Waals surface area contributed by atoms with Gasteiger partial charge < -0.3 is 11.1 Å². The molecule has 0 fully saturated rings. The molecule has 0 saturated heterocycles. The molecule has 4 heteroatoms. The molecule has 2 aromatic rings. The molecule has 1 aromatic heterocycles. The summed E-state index contributed by atoms with van der Waals surface area (Å²) >= 11 is 7.92. The summed E-state index contributed by atoms with van der Waals surface area (Å²) < 4.78 is 0. The molecule has 0 saturated carbocycles. The quantitative estimate of drug-likeness (QED) is 0.806. The van der Waals surface area contributed by atoms with Gasteiger partial charge in [-0.2, -0.15) is 0 Å². The van der Waals surface area contributed by atoms with Gasteiger partial charge in [-0.25, -0.2) is 0 Å². The van der Waals surface area contributed by atoms with Crippen molar-refractivity contribution in [2.24, 2.45) is 0 Å². The molecule has 1 aromatic carbocycles. The van der Waals surface area contributed by atoms with E-state index in [1.54, 1.807) is 0 Å². The van der Waals surface area contributed by atoms with Crippen LogP contribution in [0.1, 0.15) is 22.2 Å². The van der Waals surface area contributed by atoms with Crippen molar-refractivity contribution in [3.05, 3.63) is 44.6 Å². The Morgan fingerprint density at radius 1 is 1.32 bits per heavy atom. The molecular formula is C15H19ClN2S. The number of nitrogens with one attached hydrogen (secondary N) is 1. The van der Waals surface area contributed by atoms with E-state index in [0.29, 0.717) is 16.8 Å².